The molecular weight excluding hydrogens is 302 g/mol. The van der Waals surface area contributed by atoms with Crippen molar-refractivity contribution in [1.82, 2.24) is 14.4 Å². The Bertz CT molecular complexity index is 647. The molecule has 24 heavy (non-hydrogen) atoms. The van der Waals surface area contributed by atoms with Gasteiger partial charge in [0.05, 0.1) is 5.41 Å². The van der Waals surface area contributed by atoms with Gasteiger partial charge in [-0.25, -0.2) is 0 Å². The second-order valence-electron chi connectivity index (χ2n) is 7.80. The molecule has 1 saturated carbocycles. The number of likely N-dealkylation sites (tertiary alicyclic amines) is 2. The van der Waals surface area contributed by atoms with Crippen LogP contribution in [0.1, 0.15) is 55.4 Å². The summed E-state index contributed by atoms with van der Waals surface area (Å²) in [5.41, 5.74) is 0.393. The van der Waals surface area contributed by atoms with Crippen LogP contribution in [-0.4, -0.2) is 51.9 Å². The predicted molar refractivity (Wildman–Crippen MR) is 91.6 cm³/mol. The first-order valence-electron chi connectivity index (χ1n) is 9.32. The first-order valence-corrected chi connectivity index (χ1v) is 9.32. The van der Waals surface area contributed by atoms with Crippen molar-refractivity contribution in [3.63, 3.8) is 0 Å². The van der Waals surface area contributed by atoms with Crippen molar-refractivity contribution in [2.24, 2.45) is 12.5 Å². The second kappa shape index (κ2) is 5.94. The van der Waals surface area contributed by atoms with Crippen molar-refractivity contribution in [3.8, 4) is 0 Å². The van der Waals surface area contributed by atoms with E-state index < -0.39 is 0 Å². The summed E-state index contributed by atoms with van der Waals surface area (Å²) < 4.78 is 1.86. The number of hydrogen-bond donors (Lipinski definition) is 0. The fourth-order valence-electron chi connectivity index (χ4n) is 4.93. The summed E-state index contributed by atoms with van der Waals surface area (Å²) >= 11 is 0. The van der Waals surface area contributed by atoms with Gasteiger partial charge in [0.15, 0.2) is 0 Å². The van der Waals surface area contributed by atoms with Crippen LogP contribution in [0.15, 0.2) is 18.3 Å². The Kier molecular flexibility index (Phi) is 3.89. The molecule has 1 aliphatic carbocycles. The van der Waals surface area contributed by atoms with Gasteiger partial charge in [-0.3, -0.25) is 9.59 Å². The maximum absolute atomic E-state index is 13.2. The number of aryl methyl sites for hydroxylation is 1. The van der Waals surface area contributed by atoms with E-state index in [1.807, 2.05) is 34.8 Å². The van der Waals surface area contributed by atoms with Crippen LogP contribution in [0.5, 0.6) is 0 Å². The highest BCUT2D eigenvalue weighted by molar-refractivity contribution is 5.94. The van der Waals surface area contributed by atoms with Crippen LogP contribution in [0.25, 0.3) is 0 Å². The Labute approximate surface area is 143 Å². The lowest BCUT2D eigenvalue weighted by Crippen LogP contribution is -2.53. The molecule has 130 valence electrons. The minimum Gasteiger partial charge on any atom is -0.347 e. The van der Waals surface area contributed by atoms with Crippen molar-refractivity contribution in [2.75, 3.05) is 19.6 Å². The van der Waals surface area contributed by atoms with Crippen LogP contribution in [0.3, 0.4) is 0 Å². The third-order valence-corrected chi connectivity index (χ3v) is 6.34. The largest absolute Gasteiger partial charge is 0.347 e. The van der Waals surface area contributed by atoms with Gasteiger partial charge < -0.3 is 14.4 Å². The molecule has 3 fully saturated rings. The Balaban J connectivity index is 1.51. The van der Waals surface area contributed by atoms with Crippen LogP contribution in [0, 0.1) is 5.41 Å². The van der Waals surface area contributed by atoms with Gasteiger partial charge in [0.1, 0.15) is 5.69 Å². The molecule has 0 N–H and O–H groups in total. The second-order valence-corrected chi connectivity index (χ2v) is 7.80. The fraction of sp³-hybridized carbons (Fsp3) is 0.684. The van der Waals surface area contributed by atoms with E-state index >= 15 is 0 Å². The van der Waals surface area contributed by atoms with E-state index in [0.717, 1.165) is 38.6 Å². The van der Waals surface area contributed by atoms with E-state index in [2.05, 4.69) is 4.90 Å². The average molecular weight is 329 g/mol. The van der Waals surface area contributed by atoms with Gasteiger partial charge in [-0.05, 0) is 44.2 Å². The molecule has 2 amide bonds. The Morgan fingerprint density at radius 3 is 2.67 bits per heavy atom. The summed E-state index contributed by atoms with van der Waals surface area (Å²) in [7, 11) is 1.90. The molecule has 0 unspecified atom stereocenters. The number of aromatic nitrogens is 1. The molecule has 5 heteroatoms. The molecule has 0 aromatic carbocycles. The zero-order valence-corrected chi connectivity index (χ0v) is 14.5. The van der Waals surface area contributed by atoms with Gasteiger partial charge in [-0.2, -0.15) is 0 Å². The third kappa shape index (κ3) is 2.45. The highest BCUT2D eigenvalue weighted by atomic mass is 16.2. The van der Waals surface area contributed by atoms with Crippen LogP contribution in [0.4, 0.5) is 0 Å². The molecule has 0 bridgehead atoms. The number of amides is 2. The molecule has 1 aromatic heterocycles. The van der Waals surface area contributed by atoms with E-state index in [4.69, 9.17) is 0 Å². The van der Waals surface area contributed by atoms with E-state index in [1.165, 1.54) is 12.8 Å². The van der Waals surface area contributed by atoms with E-state index in [1.54, 1.807) is 0 Å². The maximum atomic E-state index is 13.2. The number of hydrogen-bond acceptors (Lipinski definition) is 2. The average Bonchev–Trinajstić information content (AvgIpc) is 3.31. The Morgan fingerprint density at radius 1 is 1.17 bits per heavy atom. The lowest BCUT2D eigenvalue weighted by atomic mass is 9.77. The van der Waals surface area contributed by atoms with Crippen LogP contribution >= 0.6 is 0 Å². The Hall–Kier alpha value is -1.78. The molecule has 4 rings (SSSR count). The van der Waals surface area contributed by atoms with Crippen molar-refractivity contribution in [1.29, 1.82) is 0 Å². The van der Waals surface area contributed by atoms with E-state index in [0.29, 0.717) is 30.7 Å². The van der Waals surface area contributed by atoms with Gasteiger partial charge >= 0.3 is 0 Å². The van der Waals surface area contributed by atoms with Gasteiger partial charge in [0.2, 0.25) is 5.91 Å². The first-order chi connectivity index (χ1) is 11.6. The highest BCUT2D eigenvalue weighted by Crippen LogP contribution is 2.42. The molecule has 1 spiro atoms. The summed E-state index contributed by atoms with van der Waals surface area (Å²) in [5, 5.41) is 0. The van der Waals surface area contributed by atoms with Crippen LogP contribution in [-0.2, 0) is 11.8 Å². The number of carbonyl (C=O) groups excluding carboxylic acids is 2. The fourth-order valence-corrected chi connectivity index (χ4v) is 4.93. The summed E-state index contributed by atoms with van der Waals surface area (Å²) in [6, 6.07) is 4.21. The zero-order chi connectivity index (χ0) is 16.7. The summed E-state index contributed by atoms with van der Waals surface area (Å²) in [5.74, 6) is 0.382. The van der Waals surface area contributed by atoms with Crippen molar-refractivity contribution in [3.05, 3.63) is 24.0 Å². The minimum absolute atomic E-state index is 0.0603. The van der Waals surface area contributed by atoms with E-state index in [9.17, 15) is 9.59 Å². The molecule has 2 saturated heterocycles. The van der Waals surface area contributed by atoms with Crippen molar-refractivity contribution in [2.45, 2.75) is 51.0 Å². The van der Waals surface area contributed by atoms with Gasteiger partial charge in [-0.1, -0.05) is 12.8 Å². The normalized spacial score (nSPS) is 28.3. The topological polar surface area (TPSA) is 45.6 Å². The third-order valence-electron chi connectivity index (χ3n) is 6.34. The standard InChI is InChI=1S/C19H27N3O2/c1-20-11-4-8-16(20)17(23)21-13-10-19(14-21)9-5-12-22(18(19)24)15-6-2-3-7-15/h4,8,11,15H,2-3,5-7,9-10,12-14H2,1H3/t19-/m0/s1. The molecular formula is C19H27N3O2. The van der Waals surface area contributed by atoms with Crippen molar-refractivity contribution >= 4 is 11.8 Å². The molecule has 3 heterocycles. The van der Waals surface area contributed by atoms with Gasteiger partial charge in [0, 0.05) is 38.9 Å². The predicted octanol–water partition coefficient (Wildman–Crippen LogP) is 2.42. The first kappa shape index (κ1) is 15.7. The van der Waals surface area contributed by atoms with Gasteiger partial charge in [-0.15, -0.1) is 0 Å². The molecule has 2 aliphatic heterocycles. The van der Waals surface area contributed by atoms with Crippen LogP contribution < -0.4 is 0 Å². The number of nitrogens with zero attached hydrogens (tertiary/aromatic N) is 3. The molecule has 1 atom stereocenters. The quantitative estimate of drug-likeness (QED) is 0.836. The van der Waals surface area contributed by atoms with Gasteiger partial charge in [0.25, 0.3) is 5.91 Å². The maximum Gasteiger partial charge on any atom is 0.270 e. The Morgan fingerprint density at radius 2 is 1.96 bits per heavy atom. The molecule has 5 nitrogen and oxygen atoms in total. The van der Waals surface area contributed by atoms with Crippen molar-refractivity contribution < 1.29 is 9.59 Å². The zero-order valence-electron chi connectivity index (χ0n) is 14.5. The lowest BCUT2D eigenvalue weighted by Gasteiger charge is -2.42. The van der Waals surface area contributed by atoms with E-state index in [-0.39, 0.29) is 11.3 Å². The summed E-state index contributed by atoms with van der Waals surface area (Å²) in [6.45, 7) is 2.21. The summed E-state index contributed by atoms with van der Waals surface area (Å²) in [4.78, 5) is 30.1. The smallest absolute Gasteiger partial charge is 0.270 e. The summed E-state index contributed by atoms with van der Waals surface area (Å²) in [6.07, 6.45) is 9.55. The number of carbonyl (C=O) groups is 2. The molecule has 0 radical (unpaired) electrons. The monoisotopic (exact) mass is 329 g/mol. The number of rotatable bonds is 2. The number of piperidine rings is 1. The SMILES string of the molecule is Cn1cccc1C(=O)N1CC[C@@]2(CCCN(C3CCCC3)C2=O)C1. The lowest BCUT2D eigenvalue weighted by molar-refractivity contribution is -0.148. The highest BCUT2D eigenvalue weighted by Gasteiger charge is 2.50. The molecule has 3 aliphatic rings. The molecule has 1 aromatic rings. The minimum atomic E-state index is -0.318. The van der Waals surface area contributed by atoms with Crippen LogP contribution in [0.2, 0.25) is 0 Å².